The van der Waals surface area contributed by atoms with Crippen LogP contribution in [0, 0.1) is 5.92 Å². The van der Waals surface area contributed by atoms with Crippen LogP contribution in [-0.2, 0) is 9.47 Å². The molecule has 1 rings (SSSR count). The standard InChI is InChI=1S/C11H23NO2/c1-3-13-11(14-4-2)9-12-8-10-6-5-7-10/h10-12H,3-9H2,1-2H3. The molecule has 3 heteroatoms. The fraction of sp³-hybridized carbons (Fsp3) is 1.00. The summed E-state index contributed by atoms with van der Waals surface area (Å²) in [6.45, 7) is 7.37. The van der Waals surface area contributed by atoms with Crippen molar-refractivity contribution in [2.24, 2.45) is 5.92 Å². The minimum absolute atomic E-state index is 0.0647. The molecule has 0 aromatic heterocycles. The topological polar surface area (TPSA) is 30.5 Å². The minimum atomic E-state index is -0.0647. The Hall–Kier alpha value is -0.120. The van der Waals surface area contributed by atoms with Crippen LogP contribution in [0.3, 0.4) is 0 Å². The largest absolute Gasteiger partial charge is 0.352 e. The van der Waals surface area contributed by atoms with E-state index < -0.39 is 0 Å². The molecule has 1 aliphatic rings. The molecule has 0 aromatic rings. The predicted molar refractivity (Wildman–Crippen MR) is 57.3 cm³/mol. The maximum absolute atomic E-state index is 5.43. The van der Waals surface area contributed by atoms with Crippen LogP contribution in [0.1, 0.15) is 33.1 Å². The summed E-state index contributed by atoms with van der Waals surface area (Å²) < 4.78 is 10.9. The predicted octanol–water partition coefficient (Wildman–Crippen LogP) is 1.78. The molecule has 0 spiro atoms. The Morgan fingerprint density at radius 3 is 2.29 bits per heavy atom. The molecule has 3 nitrogen and oxygen atoms in total. The molecule has 1 fully saturated rings. The highest BCUT2D eigenvalue weighted by molar-refractivity contribution is 4.71. The van der Waals surface area contributed by atoms with Gasteiger partial charge in [-0.15, -0.1) is 0 Å². The lowest BCUT2D eigenvalue weighted by Crippen LogP contribution is -2.35. The van der Waals surface area contributed by atoms with Gasteiger partial charge in [-0.1, -0.05) is 6.42 Å². The van der Waals surface area contributed by atoms with Gasteiger partial charge < -0.3 is 14.8 Å². The lowest BCUT2D eigenvalue weighted by atomic mass is 9.85. The molecule has 14 heavy (non-hydrogen) atoms. The van der Waals surface area contributed by atoms with Gasteiger partial charge in [0.05, 0.1) is 0 Å². The third-order valence-corrected chi connectivity index (χ3v) is 2.67. The molecule has 1 N–H and O–H groups in total. The summed E-state index contributed by atoms with van der Waals surface area (Å²) in [6, 6.07) is 0. The molecule has 0 saturated heterocycles. The van der Waals surface area contributed by atoms with Crippen LogP contribution < -0.4 is 5.32 Å². The first kappa shape index (κ1) is 12.0. The quantitative estimate of drug-likeness (QED) is 0.607. The lowest BCUT2D eigenvalue weighted by Gasteiger charge is -2.26. The van der Waals surface area contributed by atoms with Gasteiger partial charge in [-0.2, -0.15) is 0 Å². The van der Waals surface area contributed by atoms with Gasteiger partial charge in [0.1, 0.15) is 0 Å². The van der Waals surface area contributed by atoms with Crippen molar-refractivity contribution < 1.29 is 9.47 Å². The van der Waals surface area contributed by atoms with Crippen molar-refractivity contribution in [2.45, 2.75) is 39.4 Å². The van der Waals surface area contributed by atoms with E-state index in [9.17, 15) is 0 Å². The van der Waals surface area contributed by atoms with Crippen molar-refractivity contribution in [1.29, 1.82) is 0 Å². The average molecular weight is 201 g/mol. The molecule has 1 saturated carbocycles. The van der Waals surface area contributed by atoms with Gasteiger partial charge in [-0.25, -0.2) is 0 Å². The number of nitrogens with one attached hydrogen (secondary N) is 1. The van der Waals surface area contributed by atoms with Crippen molar-refractivity contribution in [2.75, 3.05) is 26.3 Å². The second kappa shape index (κ2) is 7.21. The summed E-state index contributed by atoms with van der Waals surface area (Å²) >= 11 is 0. The summed E-state index contributed by atoms with van der Waals surface area (Å²) in [5, 5.41) is 3.41. The monoisotopic (exact) mass is 201 g/mol. The van der Waals surface area contributed by atoms with Gasteiger partial charge >= 0.3 is 0 Å². The Morgan fingerprint density at radius 1 is 1.21 bits per heavy atom. The third kappa shape index (κ3) is 4.40. The van der Waals surface area contributed by atoms with Crippen LogP contribution >= 0.6 is 0 Å². The zero-order chi connectivity index (χ0) is 10.2. The molecule has 84 valence electrons. The summed E-state index contributed by atoms with van der Waals surface area (Å²) in [7, 11) is 0. The number of hydrogen-bond donors (Lipinski definition) is 1. The van der Waals surface area contributed by atoms with Gasteiger partial charge in [0, 0.05) is 19.8 Å². The fourth-order valence-electron chi connectivity index (χ4n) is 1.64. The molecule has 0 amide bonds. The number of hydrogen-bond acceptors (Lipinski definition) is 3. The van der Waals surface area contributed by atoms with E-state index in [0.29, 0.717) is 0 Å². The molecule has 0 radical (unpaired) electrons. The zero-order valence-corrected chi connectivity index (χ0v) is 9.42. The molecule has 0 heterocycles. The normalized spacial score (nSPS) is 17.4. The Kier molecular flexibility index (Phi) is 6.15. The minimum Gasteiger partial charge on any atom is -0.352 e. The average Bonchev–Trinajstić information content (AvgIpc) is 2.10. The second-order valence-electron chi connectivity index (χ2n) is 3.80. The van der Waals surface area contributed by atoms with Gasteiger partial charge in [-0.3, -0.25) is 0 Å². The van der Waals surface area contributed by atoms with E-state index >= 15 is 0 Å². The van der Waals surface area contributed by atoms with E-state index in [4.69, 9.17) is 9.47 Å². The van der Waals surface area contributed by atoms with Crippen molar-refractivity contribution in [1.82, 2.24) is 5.32 Å². The van der Waals surface area contributed by atoms with Gasteiger partial charge in [0.15, 0.2) is 6.29 Å². The van der Waals surface area contributed by atoms with Crippen molar-refractivity contribution >= 4 is 0 Å². The third-order valence-electron chi connectivity index (χ3n) is 2.67. The van der Waals surface area contributed by atoms with Gasteiger partial charge in [0.25, 0.3) is 0 Å². The maximum atomic E-state index is 5.43. The highest BCUT2D eigenvalue weighted by Crippen LogP contribution is 2.25. The van der Waals surface area contributed by atoms with E-state index in [1.807, 2.05) is 13.8 Å². The highest BCUT2D eigenvalue weighted by Gasteiger charge is 2.17. The van der Waals surface area contributed by atoms with Crippen molar-refractivity contribution in [3.05, 3.63) is 0 Å². The first-order valence-corrected chi connectivity index (χ1v) is 5.80. The van der Waals surface area contributed by atoms with Crippen LogP contribution in [0.4, 0.5) is 0 Å². The van der Waals surface area contributed by atoms with Gasteiger partial charge in [0.2, 0.25) is 0 Å². The SMILES string of the molecule is CCOC(CNCC1CCC1)OCC. The molecular weight excluding hydrogens is 178 g/mol. The highest BCUT2D eigenvalue weighted by atomic mass is 16.7. The number of rotatable bonds is 8. The molecular formula is C11H23NO2. The molecule has 0 atom stereocenters. The second-order valence-corrected chi connectivity index (χ2v) is 3.80. The van der Waals surface area contributed by atoms with Crippen molar-refractivity contribution in [3.8, 4) is 0 Å². The smallest absolute Gasteiger partial charge is 0.169 e. The first-order chi connectivity index (χ1) is 6.86. The molecule has 0 unspecified atom stereocenters. The molecule has 1 aliphatic carbocycles. The summed E-state index contributed by atoms with van der Waals surface area (Å²) in [5.74, 6) is 0.902. The van der Waals surface area contributed by atoms with Crippen LogP contribution in [0.5, 0.6) is 0 Å². The Balaban J connectivity index is 1.99. The van der Waals surface area contributed by atoms with E-state index in [-0.39, 0.29) is 6.29 Å². The van der Waals surface area contributed by atoms with Crippen LogP contribution in [0.2, 0.25) is 0 Å². The van der Waals surface area contributed by atoms with Crippen LogP contribution in [0.15, 0.2) is 0 Å². The Labute approximate surface area is 87.2 Å². The lowest BCUT2D eigenvalue weighted by molar-refractivity contribution is -0.133. The Morgan fingerprint density at radius 2 is 1.86 bits per heavy atom. The molecule has 0 aromatic carbocycles. The molecule has 0 bridgehead atoms. The fourth-order valence-corrected chi connectivity index (χ4v) is 1.64. The summed E-state index contributed by atoms with van der Waals surface area (Å²) in [6.07, 6.45) is 4.12. The first-order valence-electron chi connectivity index (χ1n) is 5.80. The van der Waals surface area contributed by atoms with E-state index in [1.165, 1.54) is 19.3 Å². The van der Waals surface area contributed by atoms with Crippen LogP contribution in [0.25, 0.3) is 0 Å². The zero-order valence-electron chi connectivity index (χ0n) is 9.42. The maximum Gasteiger partial charge on any atom is 0.169 e. The Bertz CT molecular complexity index is 131. The summed E-state index contributed by atoms with van der Waals surface area (Å²) in [4.78, 5) is 0. The number of ether oxygens (including phenoxy) is 2. The van der Waals surface area contributed by atoms with E-state index in [2.05, 4.69) is 5.32 Å². The summed E-state index contributed by atoms with van der Waals surface area (Å²) in [5.41, 5.74) is 0. The van der Waals surface area contributed by atoms with Crippen molar-refractivity contribution in [3.63, 3.8) is 0 Å². The van der Waals surface area contributed by atoms with E-state index in [0.717, 1.165) is 32.2 Å². The van der Waals surface area contributed by atoms with E-state index in [1.54, 1.807) is 0 Å². The molecule has 0 aliphatic heterocycles. The van der Waals surface area contributed by atoms with Gasteiger partial charge in [-0.05, 0) is 39.2 Å². The van der Waals surface area contributed by atoms with Crippen LogP contribution in [-0.4, -0.2) is 32.6 Å².